The summed E-state index contributed by atoms with van der Waals surface area (Å²) in [4.78, 5) is 95.0. The first-order valence-electron chi connectivity index (χ1n) is 36.9. The van der Waals surface area contributed by atoms with Gasteiger partial charge in [-0.2, -0.15) is 0 Å². The largest absolute Gasteiger partial charge is 0.481 e. The molecule has 0 saturated carbocycles. The van der Waals surface area contributed by atoms with Crippen molar-refractivity contribution in [2.24, 2.45) is 17.8 Å². The van der Waals surface area contributed by atoms with E-state index in [-0.39, 0.29) is 48.6 Å². The number of ether oxygens (including phenoxy) is 4. The molecule has 21 heteroatoms. The highest BCUT2D eigenvalue weighted by molar-refractivity contribution is 6.00. The summed E-state index contributed by atoms with van der Waals surface area (Å²) in [7, 11) is 0. The lowest BCUT2D eigenvalue weighted by molar-refractivity contribution is -0.141. The number of hydrogen-bond acceptors (Lipinski definition) is 14. The molecular formula is C89H103N9O12. The molecule has 12 rings (SSSR count). The van der Waals surface area contributed by atoms with Crippen molar-refractivity contribution in [3.8, 4) is 0 Å². The molecule has 0 bridgehead atoms. The van der Waals surface area contributed by atoms with E-state index in [4.69, 9.17) is 24.7 Å². The molecule has 0 aromatic heterocycles. The average Bonchev–Trinajstić information content (AvgIpc) is 1.71. The molecular weight excluding hydrogens is 1390 g/mol. The standard InChI is InChI=1S/C33H39N3O5.C23H23N3O.C17H20N2O2.C16H21NO4/c1-32(2,3)40-30(38)35-21-27(23-14-9-7-10-15-23)28(22-35)29(37)34-24-16-13-19-26(20-24)36(25-17-11-8-12-18-25)31(39)41-33(4,5)6;27-23(22-16-24-15-21(22)17-8-3-1-4-9-17)26-20-13-7-12-19(14-20)25-18-10-5-2-6-11-18;1-17(2,3)21-16(20)19(14-9-5-4-6-10-14)15-11-7-8-13(18)12-15;1-16(2,3)21-15(20)17-9-12(13(10-17)14(18)19)11-7-5-4-6-8-11/h7-20,27-28H,21-22H2,1-6H3,(H,34,37);1-14,21-22,24-25H,15-16H2,(H,26,27);4-12H,18H2,1-3H3;4-8,12-13H,9-10H2,1-3H3,(H,18,19)/t27-,28+;21-,22+;;12-,13+/m00.0/s1. The molecule has 9 aromatic carbocycles. The van der Waals surface area contributed by atoms with Crippen LogP contribution in [0.4, 0.5) is 70.4 Å². The number of carboxylic acid groups (broad SMARTS) is 1. The van der Waals surface area contributed by atoms with Crippen molar-refractivity contribution in [3.63, 3.8) is 0 Å². The van der Waals surface area contributed by atoms with Crippen LogP contribution in [0.2, 0.25) is 0 Å². The summed E-state index contributed by atoms with van der Waals surface area (Å²) < 4.78 is 22.1. The summed E-state index contributed by atoms with van der Waals surface area (Å²) >= 11 is 0. The van der Waals surface area contributed by atoms with Crippen LogP contribution in [-0.4, -0.2) is 119 Å². The van der Waals surface area contributed by atoms with Crippen molar-refractivity contribution in [2.75, 3.05) is 70.8 Å². The van der Waals surface area contributed by atoms with Gasteiger partial charge < -0.3 is 60.9 Å². The molecule has 0 spiro atoms. The molecule has 576 valence electrons. The highest BCUT2D eigenvalue weighted by Gasteiger charge is 2.44. The molecule has 3 fully saturated rings. The first-order valence-corrected chi connectivity index (χ1v) is 36.9. The lowest BCUT2D eigenvalue weighted by Crippen LogP contribution is -2.36. The van der Waals surface area contributed by atoms with Crippen LogP contribution < -0.4 is 36.8 Å². The van der Waals surface area contributed by atoms with Gasteiger partial charge in [-0.15, -0.1) is 0 Å². The van der Waals surface area contributed by atoms with E-state index in [0.717, 1.165) is 40.4 Å². The maximum absolute atomic E-state index is 13.7. The highest BCUT2D eigenvalue weighted by Crippen LogP contribution is 2.38. The quantitative estimate of drug-likeness (QED) is 0.0437. The Labute approximate surface area is 646 Å². The number of amides is 6. The number of rotatable bonds is 14. The zero-order valence-corrected chi connectivity index (χ0v) is 64.8. The molecule has 0 aliphatic carbocycles. The Morgan fingerprint density at radius 1 is 0.373 bits per heavy atom. The molecule has 3 saturated heterocycles. The Morgan fingerprint density at radius 3 is 1.15 bits per heavy atom. The summed E-state index contributed by atoms with van der Waals surface area (Å²) in [6.45, 7) is 24.5. The second kappa shape index (κ2) is 37.2. The molecule has 7 N–H and O–H groups in total. The van der Waals surface area contributed by atoms with Crippen LogP contribution in [0.1, 0.15) is 118 Å². The molecule has 6 atom stereocenters. The van der Waals surface area contributed by atoms with Gasteiger partial charge in [-0.05, 0) is 191 Å². The zero-order chi connectivity index (χ0) is 79.3. The van der Waals surface area contributed by atoms with Crippen molar-refractivity contribution in [1.82, 2.24) is 15.1 Å². The van der Waals surface area contributed by atoms with Crippen molar-refractivity contribution in [1.29, 1.82) is 0 Å². The molecule has 3 aliphatic heterocycles. The second-order valence-electron chi connectivity index (χ2n) is 31.1. The Balaban J connectivity index is 0.000000176. The number of carbonyl (C=O) groups excluding carboxylic acids is 6. The number of para-hydroxylation sites is 3. The van der Waals surface area contributed by atoms with E-state index in [9.17, 15) is 38.7 Å². The maximum Gasteiger partial charge on any atom is 0.419 e. The first kappa shape index (κ1) is 82.1. The number of nitrogens with two attached hydrogens (primary N) is 1. The molecule has 0 radical (unpaired) electrons. The lowest BCUT2D eigenvalue weighted by atomic mass is 9.88. The number of nitrogens with zero attached hydrogens (tertiary/aromatic N) is 4. The molecule has 110 heavy (non-hydrogen) atoms. The molecule has 3 heterocycles. The van der Waals surface area contributed by atoms with E-state index in [2.05, 4.69) is 33.4 Å². The second-order valence-corrected chi connectivity index (χ2v) is 31.1. The third-order valence-corrected chi connectivity index (χ3v) is 17.7. The van der Waals surface area contributed by atoms with Crippen LogP contribution in [0.3, 0.4) is 0 Å². The van der Waals surface area contributed by atoms with E-state index in [1.165, 1.54) is 20.3 Å². The van der Waals surface area contributed by atoms with Gasteiger partial charge >= 0.3 is 30.3 Å². The highest BCUT2D eigenvalue weighted by atomic mass is 16.6. The number of nitrogens with one attached hydrogen (secondary N) is 4. The number of carbonyl (C=O) groups is 7. The fraction of sp³-hybridized carbons (Fsp3) is 0.315. The third-order valence-electron chi connectivity index (χ3n) is 17.7. The van der Waals surface area contributed by atoms with Gasteiger partial charge in [0.05, 0.1) is 40.5 Å². The fourth-order valence-electron chi connectivity index (χ4n) is 12.9. The number of anilines is 9. The lowest BCUT2D eigenvalue weighted by Gasteiger charge is -2.28. The monoisotopic (exact) mass is 1490 g/mol. The molecule has 6 amide bonds. The van der Waals surface area contributed by atoms with Crippen LogP contribution in [0.5, 0.6) is 0 Å². The third kappa shape index (κ3) is 24.5. The predicted molar refractivity (Wildman–Crippen MR) is 434 cm³/mol. The van der Waals surface area contributed by atoms with E-state index in [1.54, 1.807) is 62.1 Å². The van der Waals surface area contributed by atoms with Crippen LogP contribution in [-0.2, 0) is 33.3 Å². The zero-order valence-electron chi connectivity index (χ0n) is 64.8. The van der Waals surface area contributed by atoms with Crippen molar-refractivity contribution in [2.45, 2.75) is 123 Å². The van der Waals surface area contributed by atoms with Gasteiger partial charge in [-0.1, -0.05) is 164 Å². The van der Waals surface area contributed by atoms with Crippen molar-refractivity contribution >= 4 is 93.3 Å². The summed E-state index contributed by atoms with van der Waals surface area (Å²) in [6, 6.07) is 80.1. The number of likely N-dealkylation sites (tertiary alicyclic amines) is 2. The van der Waals surface area contributed by atoms with Crippen molar-refractivity contribution < 1.29 is 57.6 Å². The predicted octanol–water partition coefficient (Wildman–Crippen LogP) is 18.8. The number of hydrogen-bond donors (Lipinski definition) is 6. The summed E-state index contributed by atoms with van der Waals surface area (Å²) in [6.07, 6.45) is -1.85. The Hall–Kier alpha value is -12.0. The Bertz CT molecular complexity index is 4510. The summed E-state index contributed by atoms with van der Waals surface area (Å²) in [5.74, 6) is -2.39. The SMILES string of the molecule is CC(C)(C)OC(=O)N(c1ccccc1)c1cccc(N)c1.CC(C)(C)OC(=O)N1C[C@@H](C(=O)Nc2cccc(N(C(=O)OC(C)(C)C)c3ccccc3)c2)[C@H](c2ccccc2)C1.CC(C)(C)OC(=O)N1C[C@@H](C(=O)O)[C@H](c2ccccc2)C1.O=C(Nc1cccc(Nc2ccccc2)c1)[C@@H]1CNC[C@H]1c1ccccc1. The number of aliphatic carboxylic acids is 1. The van der Waals surface area contributed by atoms with Crippen LogP contribution >= 0.6 is 0 Å². The van der Waals surface area contributed by atoms with Gasteiger partial charge in [0.2, 0.25) is 11.8 Å². The van der Waals surface area contributed by atoms with Gasteiger partial charge in [0, 0.05) is 85.5 Å². The van der Waals surface area contributed by atoms with Crippen LogP contribution in [0, 0.1) is 17.8 Å². The minimum atomic E-state index is -0.880. The summed E-state index contributed by atoms with van der Waals surface area (Å²) in [5, 5.41) is 22.2. The van der Waals surface area contributed by atoms with Gasteiger partial charge in [0.15, 0.2) is 0 Å². The molecule has 0 unspecified atom stereocenters. The fourth-order valence-corrected chi connectivity index (χ4v) is 12.9. The van der Waals surface area contributed by atoms with E-state index in [1.807, 2.05) is 269 Å². The van der Waals surface area contributed by atoms with E-state index >= 15 is 0 Å². The maximum atomic E-state index is 13.7. The van der Waals surface area contributed by atoms with Crippen molar-refractivity contribution in [3.05, 3.63) is 271 Å². The van der Waals surface area contributed by atoms with Gasteiger partial charge in [0.1, 0.15) is 22.4 Å². The van der Waals surface area contributed by atoms with Crippen LogP contribution in [0.15, 0.2) is 255 Å². The average molecular weight is 1490 g/mol. The minimum absolute atomic E-state index is 0.0608. The smallest absolute Gasteiger partial charge is 0.419 e. The molecule has 9 aromatic rings. The normalized spacial score (nSPS) is 17.3. The Kier molecular flexibility index (Phi) is 27.8. The number of nitrogen functional groups attached to an aromatic ring is 1. The first-order chi connectivity index (χ1) is 52.2. The number of benzene rings is 9. The summed E-state index contributed by atoms with van der Waals surface area (Å²) in [5.41, 5.74) is 13.0. The van der Waals surface area contributed by atoms with E-state index in [0.29, 0.717) is 48.1 Å². The van der Waals surface area contributed by atoms with Crippen LogP contribution in [0.25, 0.3) is 0 Å². The van der Waals surface area contributed by atoms with Gasteiger partial charge in [0.25, 0.3) is 0 Å². The van der Waals surface area contributed by atoms with E-state index < -0.39 is 64.6 Å². The molecule has 3 aliphatic rings. The minimum Gasteiger partial charge on any atom is -0.481 e. The number of carboxylic acids is 1. The topological polar surface area (TPSA) is 264 Å². The van der Waals surface area contributed by atoms with Gasteiger partial charge in [-0.3, -0.25) is 14.4 Å². The molecule has 21 nitrogen and oxygen atoms in total. The Morgan fingerprint density at radius 2 is 0.718 bits per heavy atom. The van der Waals surface area contributed by atoms with Gasteiger partial charge in [-0.25, -0.2) is 29.0 Å².